The molecule has 0 aromatic heterocycles. The second-order valence-electron chi connectivity index (χ2n) is 3.82. The molecule has 1 rings (SSSR count). The molecule has 1 saturated heterocycles. The minimum Gasteiger partial charge on any atom is -0.368 e. The van der Waals surface area contributed by atoms with Crippen LogP contribution < -0.4 is 16.4 Å². The van der Waals surface area contributed by atoms with Gasteiger partial charge >= 0.3 is 0 Å². The Kier molecular flexibility index (Phi) is 2.69. The molecular weight excluding hydrogens is 154 g/mol. The topological polar surface area (TPSA) is 67.2 Å². The first-order valence-electron chi connectivity index (χ1n) is 4.31. The molecule has 0 spiro atoms. The zero-order valence-electron chi connectivity index (χ0n) is 7.68. The molecular formula is C8H17N3O. The van der Waals surface area contributed by atoms with Crippen LogP contribution >= 0.6 is 0 Å². The molecule has 0 aromatic carbocycles. The molecule has 0 saturated carbocycles. The Morgan fingerprint density at radius 2 is 2.33 bits per heavy atom. The first-order chi connectivity index (χ1) is 5.52. The molecule has 0 aliphatic carbocycles. The second kappa shape index (κ2) is 3.41. The summed E-state index contributed by atoms with van der Waals surface area (Å²) in [6, 6.07) is 0.382. The fourth-order valence-electron chi connectivity index (χ4n) is 1.36. The smallest absolute Gasteiger partial charge is 0.237 e. The fourth-order valence-corrected chi connectivity index (χ4v) is 1.36. The van der Waals surface area contributed by atoms with Gasteiger partial charge in [0.15, 0.2) is 0 Å². The average Bonchev–Trinajstić information content (AvgIpc) is 2.38. The van der Waals surface area contributed by atoms with Gasteiger partial charge in [0.05, 0.1) is 5.54 Å². The average molecular weight is 171 g/mol. The number of hydrogen-bond donors (Lipinski definition) is 3. The Morgan fingerprint density at radius 1 is 1.67 bits per heavy atom. The van der Waals surface area contributed by atoms with Gasteiger partial charge in [-0.15, -0.1) is 0 Å². The van der Waals surface area contributed by atoms with Crippen LogP contribution in [0.15, 0.2) is 0 Å². The van der Waals surface area contributed by atoms with Crippen LogP contribution in [-0.4, -0.2) is 30.6 Å². The van der Waals surface area contributed by atoms with Crippen molar-refractivity contribution >= 4 is 5.91 Å². The van der Waals surface area contributed by atoms with E-state index >= 15 is 0 Å². The molecule has 70 valence electrons. The van der Waals surface area contributed by atoms with Crippen molar-refractivity contribution in [3.8, 4) is 0 Å². The number of carbonyl (C=O) groups is 1. The van der Waals surface area contributed by atoms with Gasteiger partial charge < -0.3 is 11.1 Å². The highest BCUT2D eigenvalue weighted by molar-refractivity contribution is 5.83. The lowest BCUT2D eigenvalue weighted by Crippen LogP contribution is -2.55. The van der Waals surface area contributed by atoms with Crippen molar-refractivity contribution in [2.75, 3.05) is 13.1 Å². The van der Waals surface area contributed by atoms with E-state index in [9.17, 15) is 4.79 Å². The number of nitrogens with one attached hydrogen (secondary N) is 2. The molecule has 1 fully saturated rings. The lowest BCUT2D eigenvalue weighted by molar-refractivity contribution is -0.123. The summed E-state index contributed by atoms with van der Waals surface area (Å²) >= 11 is 0. The molecule has 1 aliphatic heterocycles. The molecule has 1 atom stereocenters. The monoisotopic (exact) mass is 171 g/mol. The molecule has 0 radical (unpaired) electrons. The SMILES string of the molecule is CC(C)(N[C@H]1CCNC1)C(N)=O. The van der Waals surface area contributed by atoms with Crippen molar-refractivity contribution < 1.29 is 4.79 Å². The lowest BCUT2D eigenvalue weighted by atomic mass is 10.0. The third-order valence-electron chi connectivity index (χ3n) is 2.24. The molecule has 1 aliphatic rings. The van der Waals surface area contributed by atoms with Crippen molar-refractivity contribution in [3.05, 3.63) is 0 Å². The molecule has 1 amide bonds. The van der Waals surface area contributed by atoms with E-state index in [-0.39, 0.29) is 5.91 Å². The third kappa shape index (κ3) is 2.19. The lowest BCUT2D eigenvalue weighted by Gasteiger charge is -2.26. The van der Waals surface area contributed by atoms with Crippen molar-refractivity contribution in [3.63, 3.8) is 0 Å². The van der Waals surface area contributed by atoms with Gasteiger partial charge in [-0.05, 0) is 26.8 Å². The maximum atomic E-state index is 10.9. The molecule has 1 heterocycles. The van der Waals surface area contributed by atoms with E-state index in [1.165, 1.54) is 0 Å². The van der Waals surface area contributed by atoms with Crippen LogP contribution in [0.4, 0.5) is 0 Å². The van der Waals surface area contributed by atoms with E-state index in [2.05, 4.69) is 10.6 Å². The normalized spacial score (nSPS) is 24.3. The number of hydrogen-bond acceptors (Lipinski definition) is 3. The van der Waals surface area contributed by atoms with Gasteiger partial charge in [0.2, 0.25) is 5.91 Å². The minimum absolute atomic E-state index is 0.297. The summed E-state index contributed by atoms with van der Waals surface area (Å²) in [6.45, 7) is 5.57. The van der Waals surface area contributed by atoms with Crippen molar-refractivity contribution in [1.29, 1.82) is 0 Å². The van der Waals surface area contributed by atoms with Crippen molar-refractivity contribution in [2.45, 2.75) is 31.8 Å². The Bertz CT molecular complexity index is 173. The number of primary amides is 1. The third-order valence-corrected chi connectivity index (χ3v) is 2.24. The Labute approximate surface area is 72.9 Å². The summed E-state index contributed by atoms with van der Waals surface area (Å²) in [5.41, 5.74) is 4.64. The maximum absolute atomic E-state index is 10.9. The molecule has 0 aromatic rings. The highest BCUT2D eigenvalue weighted by Crippen LogP contribution is 2.06. The zero-order chi connectivity index (χ0) is 9.19. The van der Waals surface area contributed by atoms with E-state index in [0.29, 0.717) is 6.04 Å². The van der Waals surface area contributed by atoms with Gasteiger partial charge in [-0.1, -0.05) is 0 Å². The number of amides is 1. The first-order valence-corrected chi connectivity index (χ1v) is 4.31. The number of carbonyl (C=O) groups excluding carboxylic acids is 1. The van der Waals surface area contributed by atoms with E-state index in [1.807, 2.05) is 13.8 Å². The highest BCUT2D eigenvalue weighted by Gasteiger charge is 2.28. The summed E-state index contributed by atoms with van der Waals surface area (Å²) in [7, 11) is 0. The molecule has 0 unspecified atom stereocenters. The Balaban J connectivity index is 2.42. The Hall–Kier alpha value is -0.610. The predicted molar refractivity (Wildman–Crippen MR) is 47.7 cm³/mol. The van der Waals surface area contributed by atoms with Gasteiger partial charge in [-0.25, -0.2) is 0 Å². The van der Waals surface area contributed by atoms with Gasteiger partial charge in [-0.3, -0.25) is 10.1 Å². The van der Waals surface area contributed by atoms with Crippen molar-refractivity contribution in [1.82, 2.24) is 10.6 Å². The van der Waals surface area contributed by atoms with Crippen LogP contribution in [0.25, 0.3) is 0 Å². The highest BCUT2D eigenvalue weighted by atomic mass is 16.1. The molecule has 0 bridgehead atoms. The fraction of sp³-hybridized carbons (Fsp3) is 0.875. The minimum atomic E-state index is -0.587. The van der Waals surface area contributed by atoms with Crippen LogP contribution in [0.2, 0.25) is 0 Å². The van der Waals surface area contributed by atoms with Crippen LogP contribution in [-0.2, 0) is 4.79 Å². The maximum Gasteiger partial charge on any atom is 0.237 e. The zero-order valence-corrected chi connectivity index (χ0v) is 7.68. The van der Waals surface area contributed by atoms with E-state index in [1.54, 1.807) is 0 Å². The number of nitrogens with two attached hydrogens (primary N) is 1. The van der Waals surface area contributed by atoms with E-state index in [4.69, 9.17) is 5.73 Å². The van der Waals surface area contributed by atoms with Gasteiger partial charge in [0.25, 0.3) is 0 Å². The van der Waals surface area contributed by atoms with Crippen LogP contribution in [0, 0.1) is 0 Å². The predicted octanol–water partition coefficient (Wildman–Crippen LogP) is -0.798. The molecule has 12 heavy (non-hydrogen) atoms. The summed E-state index contributed by atoms with van der Waals surface area (Å²) in [5, 5.41) is 6.44. The molecule has 4 N–H and O–H groups in total. The quantitative estimate of drug-likeness (QED) is 0.521. The number of rotatable bonds is 3. The largest absolute Gasteiger partial charge is 0.368 e. The van der Waals surface area contributed by atoms with E-state index < -0.39 is 5.54 Å². The second-order valence-corrected chi connectivity index (χ2v) is 3.82. The Morgan fingerprint density at radius 3 is 2.75 bits per heavy atom. The van der Waals surface area contributed by atoms with Gasteiger partial charge in [0.1, 0.15) is 0 Å². The van der Waals surface area contributed by atoms with Crippen LogP contribution in [0.1, 0.15) is 20.3 Å². The summed E-state index contributed by atoms with van der Waals surface area (Å²) in [4.78, 5) is 10.9. The van der Waals surface area contributed by atoms with Gasteiger partial charge in [0, 0.05) is 12.6 Å². The summed E-state index contributed by atoms with van der Waals surface area (Å²) in [5.74, 6) is -0.297. The molecule has 4 nitrogen and oxygen atoms in total. The first kappa shape index (κ1) is 9.48. The van der Waals surface area contributed by atoms with Crippen LogP contribution in [0.5, 0.6) is 0 Å². The summed E-state index contributed by atoms with van der Waals surface area (Å²) < 4.78 is 0. The van der Waals surface area contributed by atoms with Gasteiger partial charge in [-0.2, -0.15) is 0 Å². The van der Waals surface area contributed by atoms with Crippen LogP contribution in [0.3, 0.4) is 0 Å². The summed E-state index contributed by atoms with van der Waals surface area (Å²) in [6.07, 6.45) is 1.07. The van der Waals surface area contributed by atoms with E-state index in [0.717, 1.165) is 19.5 Å². The standard InChI is InChI=1S/C8H17N3O/c1-8(2,7(9)12)11-6-3-4-10-5-6/h6,10-11H,3-5H2,1-2H3,(H2,9,12)/t6-/m0/s1. The van der Waals surface area contributed by atoms with Crippen molar-refractivity contribution in [2.24, 2.45) is 5.73 Å². The molecule has 4 heteroatoms.